The standard InChI is InChI=1S/C18H20ClN3O/c1-13-3-2-8-22(12-13)17-9-14(10-20-11-17)18(23)21-16-6-4-15(19)5-7-16/h4-7,9-11,13H,2-3,8,12H2,1H3,(H,21,23). The number of nitrogens with zero attached hydrogens (tertiary/aromatic N) is 2. The molecule has 1 saturated heterocycles. The van der Waals surface area contributed by atoms with Gasteiger partial charge in [0.2, 0.25) is 0 Å². The maximum absolute atomic E-state index is 12.4. The quantitative estimate of drug-likeness (QED) is 0.916. The molecule has 0 bridgehead atoms. The fourth-order valence-corrected chi connectivity index (χ4v) is 3.01. The Morgan fingerprint density at radius 2 is 2.09 bits per heavy atom. The Kier molecular flexibility index (Phi) is 4.82. The summed E-state index contributed by atoms with van der Waals surface area (Å²) in [5.41, 5.74) is 2.30. The molecule has 2 heterocycles. The van der Waals surface area contributed by atoms with E-state index in [4.69, 9.17) is 11.6 Å². The molecule has 1 fully saturated rings. The third-order valence-corrected chi connectivity index (χ3v) is 4.36. The molecule has 1 aliphatic heterocycles. The van der Waals surface area contributed by atoms with Crippen LogP contribution in [0.15, 0.2) is 42.7 Å². The van der Waals surface area contributed by atoms with Crippen LogP contribution in [0.25, 0.3) is 0 Å². The molecule has 23 heavy (non-hydrogen) atoms. The van der Waals surface area contributed by atoms with Gasteiger partial charge in [0.1, 0.15) is 0 Å². The fraction of sp³-hybridized carbons (Fsp3) is 0.333. The first-order valence-electron chi connectivity index (χ1n) is 7.89. The van der Waals surface area contributed by atoms with Crippen molar-refractivity contribution < 1.29 is 4.79 Å². The van der Waals surface area contributed by atoms with E-state index in [1.165, 1.54) is 12.8 Å². The van der Waals surface area contributed by atoms with E-state index in [1.807, 2.05) is 12.3 Å². The molecule has 0 radical (unpaired) electrons. The SMILES string of the molecule is CC1CCCN(c2cncc(C(=O)Nc3ccc(Cl)cc3)c2)C1. The molecule has 3 rings (SSSR count). The maximum Gasteiger partial charge on any atom is 0.257 e. The molecule has 1 aromatic carbocycles. The third-order valence-electron chi connectivity index (χ3n) is 4.11. The molecule has 1 atom stereocenters. The van der Waals surface area contributed by atoms with Crippen molar-refractivity contribution in [1.82, 2.24) is 4.98 Å². The van der Waals surface area contributed by atoms with Crippen LogP contribution in [0.1, 0.15) is 30.1 Å². The molecule has 1 amide bonds. The number of piperidine rings is 1. The largest absolute Gasteiger partial charge is 0.370 e. The number of hydrogen-bond acceptors (Lipinski definition) is 3. The van der Waals surface area contributed by atoms with Gasteiger partial charge < -0.3 is 10.2 Å². The average Bonchev–Trinajstić information content (AvgIpc) is 2.57. The van der Waals surface area contributed by atoms with Crippen molar-refractivity contribution in [1.29, 1.82) is 0 Å². The van der Waals surface area contributed by atoms with E-state index in [2.05, 4.69) is 22.1 Å². The van der Waals surface area contributed by atoms with Crippen molar-refractivity contribution in [2.24, 2.45) is 5.92 Å². The topological polar surface area (TPSA) is 45.2 Å². The molecule has 0 spiro atoms. The van der Waals surface area contributed by atoms with Crippen LogP contribution >= 0.6 is 11.6 Å². The lowest BCUT2D eigenvalue weighted by Crippen LogP contribution is -2.34. The molecular formula is C18H20ClN3O. The van der Waals surface area contributed by atoms with Crippen LogP contribution in [0.4, 0.5) is 11.4 Å². The zero-order valence-electron chi connectivity index (χ0n) is 13.1. The summed E-state index contributed by atoms with van der Waals surface area (Å²) in [7, 11) is 0. The second kappa shape index (κ2) is 7.01. The van der Waals surface area contributed by atoms with Gasteiger partial charge in [0, 0.05) is 30.0 Å². The van der Waals surface area contributed by atoms with Gasteiger partial charge in [-0.25, -0.2) is 0 Å². The Labute approximate surface area is 141 Å². The Balaban J connectivity index is 1.73. The molecule has 5 heteroatoms. The maximum atomic E-state index is 12.4. The van der Waals surface area contributed by atoms with Crippen LogP contribution in [-0.4, -0.2) is 24.0 Å². The van der Waals surface area contributed by atoms with Crippen LogP contribution in [0.5, 0.6) is 0 Å². The first-order chi connectivity index (χ1) is 11.1. The number of benzene rings is 1. The van der Waals surface area contributed by atoms with E-state index in [0.717, 1.165) is 24.5 Å². The number of amides is 1. The van der Waals surface area contributed by atoms with Gasteiger partial charge in [0.25, 0.3) is 5.91 Å². The van der Waals surface area contributed by atoms with E-state index in [0.29, 0.717) is 16.5 Å². The summed E-state index contributed by atoms with van der Waals surface area (Å²) >= 11 is 5.86. The molecule has 1 unspecified atom stereocenters. The second-order valence-electron chi connectivity index (χ2n) is 6.09. The predicted octanol–water partition coefficient (Wildman–Crippen LogP) is 4.22. The monoisotopic (exact) mass is 329 g/mol. The predicted molar refractivity (Wildman–Crippen MR) is 94.3 cm³/mol. The highest BCUT2D eigenvalue weighted by atomic mass is 35.5. The number of hydrogen-bond donors (Lipinski definition) is 1. The molecule has 0 saturated carbocycles. The lowest BCUT2D eigenvalue weighted by atomic mass is 10.00. The lowest BCUT2D eigenvalue weighted by molar-refractivity contribution is 0.102. The molecule has 1 aromatic heterocycles. The van der Waals surface area contributed by atoms with Gasteiger partial charge in [-0.2, -0.15) is 0 Å². The van der Waals surface area contributed by atoms with E-state index < -0.39 is 0 Å². The third kappa shape index (κ3) is 4.02. The number of carbonyl (C=O) groups excluding carboxylic acids is 1. The smallest absolute Gasteiger partial charge is 0.257 e. The van der Waals surface area contributed by atoms with E-state index in [9.17, 15) is 4.79 Å². The van der Waals surface area contributed by atoms with E-state index in [-0.39, 0.29) is 5.91 Å². The number of pyridine rings is 1. The Hall–Kier alpha value is -2.07. The molecule has 1 N–H and O–H groups in total. The van der Waals surface area contributed by atoms with Crippen LogP contribution in [0.3, 0.4) is 0 Å². The Bertz CT molecular complexity index is 687. The molecule has 1 aliphatic rings. The van der Waals surface area contributed by atoms with Crippen LogP contribution in [0, 0.1) is 5.92 Å². The highest BCUT2D eigenvalue weighted by Gasteiger charge is 2.18. The number of anilines is 2. The van der Waals surface area contributed by atoms with Gasteiger partial charge in [-0.1, -0.05) is 18.5 Å². The van der Waals surface area contributed by atoms with Crippen LogP contribution < -0.4 is 10.2 Å². The van der Waals surface area contributed by atoms with Crippen molar-refractivity contribution in [3.8, 4) is 0 Å². The normalized spacial score (nSPS) is 17.8. The van der Waals surface area contributed by atoms with Crippen molar-refractivity contribution in [2.75, 3.05) is 23.3 Å². The van der Waals surface area contributed by atoms with Gasteiger partial charge in [0.05, 0.1) is 17.4 Å². The zero-order valence-corrected chi connectivity index (χ0v) is 13.9. The molecule has 120 valence electrons. The van der Waals surface area contributed by atoms with E-state index in [1.54, 1.807) is 30.5 Å². The van der Waals surface area contributed by atoms with Crippen molar-refractivity contribution in [3.05, 3.63) is 53.3 Å². The van der Waals surface area contributed by atoms with Gasteiger partial charge in [0.15, 0.2) is 0 Å². The summed E-state index contributed by atoms with van der Waals surface area (Å²) in [6.07, 6.45) is 5.88. The summed E-state index contributed by atoms with van der Waals surface area (Å²) in [6.45, 7) is 4.30. The van der Waals surface area contributed by atoms with Crippen molar-refractivity contribution in [3.63, 3.8) is 0 Å². The first-order valence-corrected chi connectivity index (χ1v) is 8.26. The average molecular weight is 330 g/mol. The van der Waals surface area contributed by atoms with Gasteiger partial charge in [-0.05, 0) is 49.1 Å². The highest BCUT2D eigenvalue weighted by Crippen LogP contribution is 2.23. The van der Waals surface area contributed by atoms with Crippen LogP contribution in [0.2, 0.25) is 5.02 Å². The number of halogens is 1. The molecule has 4 nitrogen and oxygen atoms in total. The summed E-state index contributed by atoms with van der Waals surface area (Å²) in [6, 6.07) is 8.98. The molecular weight excluding hydrogens is 310 g/mol. The first kappa shape index (κ1) is 15.8. The minimum atomic E-state index is -0.160. The van der Waals surface area contributed by atoms with E-state index >= 15 is 0 Å². The number of aromatic nitrogens is 1. The Morgan fingerprint density at radius 3 is 2.83 bits per heavy atom. The summed E-state index contributed by atoms with van der Waals surface area (Å²) in [5.74, 6) is 0.516. The highest BCUT2D eigenvalue weighted by molar-refractivity contribution is 6.30. The van der Waals surface area contributed by atoms with Crippen LogP contribution in [-0.2, 0) is 0 Å². The van der Waals surface area contributed by atoms with Gasteiger partial charge >= 0.3 is 0 Å². The summed E-state index contributed by atoms with van der Waals surface area (Å²) < 4.78 is 0. The Morgan fingerprint density at radius 1 is 1.30 bits per heavy atom. The second-order valence-corrected chi connectivity index (χ2v) is 6.52. The summed E-state index contributed by atoms with van der Waals surface area (Å²) in [5, 5.41) is 3.51. The number of nitrogens with one attached hydrogen (secondary N) is 1. The number of rotatable bonds is 3. The molecule has 2 aromatic rings. The molecule has 0 aliphatic carbocycles. The minimum Gasteiger partial charge on any atom is -0.370 e. The minimum absolute atomic E-state index is 0.160. The van der Waals surface area contributed by atoms with Gasteiger partial charge in [-0.3, -0.25) is 9.78 Å². The van der Waals surface area contributed by atoms with Crippen molar-refractivity contribution in [2.45, 2.75) is 19.8 Å². The zero-order chi connectivity index (χ0) is 16.2. The summed E-state index contributed by atoms with van der Waals surface area (Å²) in [4.78, 5) is 18.9. The van der Waals surface area contributed by atoms with Gasteiger partial charge in [-0.15, -0.1) is 0 Å². The fourth-order valence-electron chi connectivity index (χ4n) is 2.89. The number of carbonyl (C=O) groups is 1. The lowest BCUT2D eigenvalue weighted by Gasteiger charge is -2.32. The van der Waals surface area contributed by atoms with Crippen molar-refractivity contribution >= 4 is 28.9 Å².